The topological polar surface area (TPSA) is 140 Å². The Kier molecular flexibility index (Phi) is 5.54. The summed E-state index contributed by atoms with van der Waals surface area (Å²) in [6, 6.07) is 0. The monoisotopic (exact) mass is 330 g/mol. The van der Waals surface area contributed by atoms with Gasteiger partial charge in [0.05, 0.1) is 6.54 Å². The zero-order valence-electron chi connectivity index (χ0n) is 10.1. The zero-order valence-corrected chi connectivity index (χ0v) is 12.8. The van der Waals surface area contributed by atoms with Crippen molar-refractivity contribution in [3.63, 3.8) is 0 Å². The Hall–Kier alpha value is -0.0100. The molecule has 0 amide bonds. The van der Waals surface area contributed by atoms with E-state index in [0.717, 1.165) is 0 Å². The molecule has 1 rings (SSSR count). The first-order valence-corrected chi connectivity index (χ1v) is 9.32. The maximum absolute atomic E-state index is 11.2. The third-order valence-corrected chi connectivity index (χ3v) is 4.72. The van der Waals surface area contributed by atoms with E-state index in [-0.39, 0.29) is 17.0 Å². The number of rotatable bonds is 3. The summed E-state index contributed by atoms with van der Waals surface area (Å²) in [6.07, 6.45) is -0.441. The van der Waals surface area contributed by atoms with Crippen LogP contribution in [0.3, 0.4) is 0 Å². The number of hydrogen-bond donors (Lipinski definition) is 5. The molecule has 0 aromatic rings. The molecule has 0 saturated heterocycles. The van der Waals surface area contributed by atoms with Crippen molar-refractivity contribution in [1.82, 2.24) is 0 Å². The summed E-state index contributed by atoms with van der Waals surface area (Å²) < 4.78 is 22.1. The van der Waals surface area contributed by atoms with E-state index in [1.807, 2.05) is 0 Å². The van der Waals surface area contributed by atoms with Gasteiger partial charge in [0.15, 0.2) is 0 Å². The van der Waals surface area contributed by atoms with Crippen molar-refractivity contribution in [2.24, 2.45) is 15.9 Å². The Labute approximate surface area is 115 Å². The van der Waals surface area contributed by atoms with Crippen LogP contribution in [-0.2, 0) is 9.13 Å². The Morgan fingerprint density at radius 3 is 2.42 bits per heavy atom. The molecule has 0 aromatic heterocycles. The van der Waals surface area contributed by atoms with Crippen LogP contribution in [0, 0.1) is 5.92 Å². The summed E-state index contributed by atoms with van der Waals surface area (Å²) in [5, 5.41) is 0.0502. The molecule has 1 aliphatic heterocycles. The predicted molar refractivity (Wildman–Crippen MR) is 75.2 cm³/mol. The van der Waals surface area contributed by atoms with Crippen molar-refractivity contribution in [3.8, 4) is 0 Å². The molecule has 2 unspecified atom stereocenters. The molecule has 0 aromatic carbocycles. The van der Waals surface area contributed by atoms with Crippen LogP contribution >= 0.6 is 27.8 Å². The fourth-order valence-corrected chi connectivity index (χ4v) is 3.96. The fourth-order valence-electron chi connectivity index (χ4n) is 1.60. The molecule has 1 heterocycles. The molecule has 0 aliphatic carbocycles. The third kappa shape index (κ3) is 5.87. The van der Waals surface area contributed by atoms with Crippen molar-refractivity contribution in [2.75, 3.05) is 12.7 Å². The Bertz CT molecular complexity index is 495. The molecule has 0 radical (unpaired) electrons. The molecule has 110 valence electrons. The number of hydrogen-bond acceptors (Lipinski definition) is 5. The maximum Gasteiger partial charge on any atom is 0.371 e. The summed E-state index contributed by atoms with van der Waals surface area (Å²) in [4.78, 5) is 43.5. The van der Waals surface area contributed by atoms with Crippen LogP contribution in [-0.4, -0.2) is 48.8 Å². The highest BCUT2D eigenvalue weighted by atomic mass is 32.1. The van der Waals surface area contributed by atoms with Crippen LogP contribution in [0.4, 0.5) is 0 Å². The average Bonchev–Trinajstić information content (AvgIpc) is 2.17. The Morgan fingerprint density at radius 1 is 1.42 bits per heavy atom. The van der Waals surface area contributed by atoms with E-state index in [4.69, 9.17) is 19.6 Å². The van der Waals surface area contributed by atoms with E-state index in [2.05, 4.69) is 22.6 Å². The lowest BCUT2D eigenvalue weighted by Gasteiger charge is -2.21. The van der Waals surface area contributed by atoms with Gasteiger partial charge in [0.2, 0.25) is 0 Å². The van der Waals surface area contributed by atoms with Gasteiger partial charge in [0.25, 0.3) is 0 Å². The van der Waals surface area contributed by atoms with E-state index in [9.17, 15) is 9.13 Å². The van der Waals surface area contributed by atoms with Gasteiger partial charge >= 0.3 is 15.2 Å². The van der Waals surface area contributed by atoms with Gasteiger partial charge < -0.3 is 19.6 Å². The van der Waals surface area contributed by atoms with Gasteiger partial charge in [-0.25, -0.2) is 4.99 Å². The molecule has 11 heteroatoms. The smallest absolute Gasteiger partial charge is 0.324 e. The van der Waals surface area contributed by atoms with E-state index in [1.165, 1.54) is 0 Å². The minimum atomic E-state index is -4.82. The first-order chi connectivity index (χ1) is 8.49. The number of thiol groups is 1. The highest BCUT2D eigenvalue weighted by molar-refractivity contribution is 7.81. The van der Waals surface area contributed by atoms with Crippen molar-refractivity contribution in [3.05, 3.63) is 0 Å². The molecule has 0 fully saturated rings. The van der Waals surface area contributed by atoms with Gasteiger partial charge in [0, 0.05) is 11.2 Å². The zero-order chi connectivity index (χ0) is 14.8. The van der Waals surface area contributed by atoms with E-state index < -0.39 is 26.8 Å². The second-order valence-corrected chi connectivity index (χ2v) is 8.36. The van der Waals surface area contributed by atoms with Gasteiger partial charge in [-0.2, -0.15) is 12.6 Å². The third-order valence-electron chi connectivity index (χ3n) is 2.46. The summed E-state index contributed by atoms with van der Waals surface area (Å²) in [7, 11) is -9.43. The van der Waals surface area contributed by atoms with Crippen molar-refractivity contribution in [2.45, 2.75) is 18.6 Å². The Morgan fingerprint density at radius 2 is 2.00 bits per heavy atom. The van der Waals surface area contributed by atoms with Crippen LogP contribution < -0.4 is 0 Å². The lowest BCUT2D eigenvalue weighted by Crippen LogP contribution is -2.24. The summed E-state index contributed by atoms with van der Waals surface area (Å²) in [5.74, 6) is 0.0200. The van der Waals surface area contributed by atoms with Crippen molar-refractivity contribution in [1.29, 1.82) is 0 Å². The fraction of sp³-hybridized carbons (Fsp3) is 0.750. The molecule has 4 N–H and O–H groups in total. The largest absolute Gasteiger partial charge is 0.371 e. The molecule has 19 heavy (non-hydrogen) atoms. The second-order valence-electron chi connectivity index (χ2n) is 4.38. The van der Waals surface area contributed by atoms with Crippen LogP contribution in [0.15, 0.2) is 9.98 Å². The van der Waals surface area contributed by atoms with E-state index in [1.54, 1.807) is 6.92 Å². The minimum absolute atomic E-state index is 0.0502. The highest BCUT2D eigenvalue weighted by Gasteiger charge is 2.32. The average molecular weight is 330 g/mol. The van der Waals surface area contributed by atoms with Crippen LogP contribution in [0.1, 0.15) is 13.3 Å². The van der Waals surface area contributed by atoms with Gasteiger partial charge in [-0.15, -0.1) is 0 Å². The first-order valence-electron chi connectivity index (χ1n) is 5.39. The van der Waals surface area contributed by atoms with Crippen molar-refractivity contribution >= 4 is 39.1 Å². The van der Waals surface area contributed by atoms with Crippen molar-refractivity contribution < 1.29 is 28.7 Å². The van der Waals surface area contributed by atoms with Gasteiger partial charge in [-0.1, -0.05) is 6.92 Å². The van der Waals surface area contributed by atoms with Gasteiger partial charge in [-0.3, -0.25) is 14.1 Å². The normalized spacial score (nSPS) is 26.2. The van der Waals surface area contributed by atoms with Crippen LogP contribution in [0.25, 0.3) is 0 Å². The van der Waals surface area contributed by atoms with E-state index >= 15 is 0 Å². The standard InChI is InChI=1S/C8H16N2O6P2S/c1-5-2-6(19)3-9-8(5)10-7(18(14,15)16)4-17(11,12)13/h5-6,19H,2-4H2,1H3,(H2,11,12,13)(H2,14,15,16). The molecular weight excluding hydrogens is 314 g/mol. The molecule has 1 aliphatic rings. The molecular formula is C8H16N2O6P2S. The number of nitrogens with zero attached hydrogens (tertiary/aromatic N) is 2. The molecule has 2 atom stereocenters. The number of aliphatic imine (C=N–C) groups is 2. The summed E-state index contributed by atoms with van der Waals surface area (Å²) in [5.41, 5.74) is -0.830. The van der Waals surface area contributed by atoms with E-state index in [0.29, 0.717) is 13.0 Å². The quantitative estimate of drug-likeness (QED) is 0.290. The molecule has 0 saturated carbocycles. The lowest BCUT2D eigenvalue weighted by atomic mass is 10.0. The second kappa shape index (κ2) is 6.18. The number of amidine groups is 1. The predicted octanol–water partition coefficient (Wildman–Crippen LogP) is 0.477. The molecule has 0 bridgehead atoms. The molecule has 8 nitrogen and oxygen atoms in total. The minimum Gasteiger partial charge on any atom is -0.324 e. The maximum atomic E-state index is 11.2. The summed E-state index contributed by atoms with van der Waals surface area (Å²) >= 11 is 4.24. The SMILES string of the molecule is CC1CC(S)CN=C1N=C(CP(=O)(O)O)P(=O)(O)O. The highest BCUT2D eigenvalue weighted by Crippen LogP contribution is 2.45. The van der Waals surface area contributed by atoms with Gasteiger partial charge in [-0.05, 0) is 6.42 Å². The molecule has 0 spiro atoms. The summed E-state index contributed by atoms with van der Waals surface area (Å²) in [6.45, 7) is 2.12. The van der Waals surface area contributed by atoms with Gasteiger partial charge in [0.1, 0.15) is 17.5 Å². The first kappa shape index (κ1) is 17.0. The lowest BCUT2D eigenvalue weighted by molar-refractivity contribution is 0.374. The van der Waals surface area contributed by atoms with Crippen LogP contribution in [0.2, 0.25) is 0 Å². The Balaban J connectivity index is 3.08. The van der Waals surface area contributed by atoms with Crippen LogP contribution in [0.5, 0.6) is 0 Å².